The third kappa shape index (κ3) is 5.18. The number of carbonyl (C=O) groups excluding carboxylic acids is 1. The first-order valence-electron chi connectivity index (χ1n) is 8.38. The Morgan fingerprint density at radius 1 is 1.00 bits per heavy atom. The van der Waals surface area contributed by atoms with Crippen molar-refractivity contribution < 1.29 is 9.18 Å². The van der Waals surface area contributed by atoms with E-state index < -0.39 is 0 Å². The Hall–Kier alpha value is -2.11. The van der Waals surface area contributed by atoms with Crippen molar-refractivity contribution in [2.75, 3.05) is 31.5 Å². The molecule has 0 spiro atoms. The molecule has 132 valence electrons. The summed E-state index contributed by atoms with van der Waals surface area (Å²) in [6.45, 7) is 3.88. The Kier molecular flexibility index (Phi) is 5.89. The molecule has 0 bridgehead atoms. The minimum absolute atomic E-state index is 0.0917. The lowest BCUT2D eigenvalue weighted by Gasteiger charge is -2.22. The number of nitrogens with one attached hydrogen (secondary N) is 1. The van der Waals surface area contributed by atoms with Gasteiger partial charge in [-0.2, -0.15) is 0 Å². The van der Waals surface area contributed by atoms with Crippen LogP contribution in [0.3, 0.4) is 0 Å². The second kappa shape index (κ2) is 8.32. The molecule has 0 radical (unpaired) electrons. The van der Waals surface area contributed by atoms with E-state index in [1.54, 1.807) is 24.3 Å². The monoisotopic (exact) mass is 361 g/mol. The van der Waals surface area contributed by atoms with E-state index in [9.17, 15) is 9.18 Å². The van der Waals surface area contributed by atoms with Crippen molar-refractivity contribution in [3.05, 3.63) is 64.9 Å². The molecule has 1 aliphatic heterocycles. The summed E-state index contributed by atoms with van der Waals surface area (Å²) in [5.41, 5.74) is 1.82. The first kappa shape index (κ1) is 17.7. The highest BCUT2D eigenvalue weighted by molar-refractivity contribution is 6.30. The maximum Gasteiger partial charge on any atom is 0.321 e. The maximum absolute atomic E-state index is 13.0. The number of benzene rings is 2. The first-order chi connectivity index (χ1) is 12.1. The number of halogens is 2. The van der Waals surface area contributed by atoms with E-state index in [1.807, 2.05) is 17.0 Å². The fraction of sp³-hybridized carbons (Fsp3) is 0.316. The van der Waals surface area contributed by atoms with Crippen molar-refractivity contribution >= 4 is 23.3 Å². The zero-order valence-electron chi connectivity index (χ0n) is 13.9. The summed E-state index contributed by atoms with van der Waals surface area (Å²) in [5, 5.41) is 3.55. The molecule has 0 unspecified atom stereocenters. The molecular formula is C19H21ClFN3O. The normalized spacial score (nSPS) is 15.7. The van der Waals surface area contributed by atoms with Gasteiger partial charge in [0.25, 0.3) is 0 Å². The number of hydrogen-bond acceptors (Lipinski definition) is 2. The summed E-state index contributed by atoms with van der Waals surface area (Å²) in [6, 6.07) is 13.6. The van der Waals surface area contributed by atoms with Gasteiger partial charge < -0.3 is 10.2 Å². The highest BCUT2D eigenvalue weighted by Crippen LogP contribution is 2.15. The first-order valence-corrected chi connectivity index (χ1v) is 8.76. The van der Waals surface area contributed by atoms with Gasteiger partial charge in [-0.15, -0.1) is 0 Å². The van der Waals surface area contributed by atoms with Crippen LogP contribution in [0.5, 0.6) is 0 Å². The lowest BCUT2D eigenvalue weighted by atomic mass is 10.2. The lowest BCUT2D eigenvalue weighted by Crippen LogP contribution is -2.38. The van der Waals surface area contributed by atoms with Crippen LogP contribution < -0.4 is 5.32 Å². The van der Waals surface area contributed by atoms with Gasteiger partial charge >= 0.3 is 6.03 Å². The van der Waals surface area contributed by atoms with Crippen LogP contribution in [0, 0.1) is 5.82 Å². The molecule has 0 saturated carbocycles. The third-order valence-electron chi connectivity index (χ3n) is 4.29. The Morgan fingerprint density at radius 3 is 2.44 bits per heavy atom. The van der Waals surface area contributed by atoms with Gasteiger partial charge in [-0.1, -0.05) is 23.7 Å². The molecule has 1 aliphatic rings. The van der Waals surface area contributed by atoms with Crippen molar-refractivity contribution in [3.63, 3.8) is 0 Å². The molecule has 2 aromatic rings. The zero-order chi connectivity index (χ0) is 17.6. The quantitative estimate of drug-likeness (QED) is 0.888. The standard InChI is InChI=1S/C19H21ClFN3O/c20-16-4-8-18(9-5-16)22-19(25)24-11-1-10-23(12-13-24)14-15-2-6-17(21)7-3-15/h2-9H,1,10-14H2,(H,22,25). The average molecular weight is 362 g/mol. The van der Waals surface area contributed by atoms with Gasteiger partial charge in [-0.3, -0.25) is 4.90 Å². The molecule has 1 N–H and O–H groups in total. The molecule has 6 heteroatoms. The van der Waals surface area contributed by atoms with E-state index in [2.05, 4.69) is 10.2 Å². The SMILES string of the molecule is O=C(Nc1ccc(Cl)cc1)N1CCCN(Cc2ccc(F)cc2)CC1. The van der Waals surface area contributed by atoms with Crippen LogP contribution in [0.4, 0.5) is 14.9 Å². The van der Waals surface area contributed by atoms with E-state index in [1.165, 1.54) is 12.1 Å². The molecule has 2 aromatic carbocycles. The van der Waals surface area contributed by atoms with E-state index in [0.29, 0.717) is 11.6 Å². The highest BCUT2D eigenvalue weighted by atomic mass is 35.5. The van der Waals surface area contributed by atoms with Crippen LogP contribution in [0.1, 0.15) is 12.0 Å². The number of amides is 2. The average Bonchev–Trinajstić information content (AvgIpc) is 2.85. The molecular weight excluding hydrogens is 341 g/mol. The molecule has 3 rings (SSSR count). The second-order valence-electron chi connectivity index (χ2n) is 6.18. The minimum Gasteiger partial charge on any atom is -0.323 e. The predicted molar refractivity (Wildman–Crippen MR) is 98.3 cm³/mol. The lowest BCUT2D eigenvalue weighted by molar-refractivity contribution is 0.211. The summed E-state index contributed by atoms with van der Waals surface area (Å²) in [6.07, 6.45) is 0.912. The Bertz CT molecular complexity index is 706. The predicted octanol–water partition coefficient (Wildman–Crippen LogP) is 4.22. The van der Waals surface area contributed by atoms with E-state index in [-0.39, 0.29) is 11.8 Å². The van der Waals surface area contributed by atoms with Crippen molar-refractivity contribution in [2.45, 2.75) is 13.0 Å². The van der Waals surface area contributed by atoms with Crippen LogP contribution in [0.15, 0.2) is 48.5 Å². The van der Waals surface area contributed by atoms with Crippen molar-refractivity contribution in [1.82, 2.24) is 9.80 Å². The summed E-state index contributed by atoms with van der Waals surface area (Å²) in [5.74, 6) is -0.218. The van der Waals surface area contributed by atoms with Crippen LogP contribution in [0.2, 0.25) is 5.02 Å². The van der Waals surface area contributed by atoms with Crippen molar-refractivity contribution in [2.24, 2.45) is 0 Å². The number of rotatable bonds is 3. The van der Waals surface area contributed by atoms with Crippen molar-refractivity contribution in [1.29, 1.82) is 0 Å². The fourth-order valence-corrected chi connectivity index (χ4v) is 3.04. The Labute approximate surface area is 152 Å². The molecule has 4 nitrogen and oxygen atoms in total. The van der Waals surface area contributed by atoms with Crippen molar-refractivity contribution in [3.8, 4) is 0 Å². The van der Waals surface area contributed by atoms with Crippen LogP contribution >= 0.6 is 11.6 Å². The Morgan fingerprint density at radius 2 is 1.72 bits per heavy atom. The van der Waals surface area contributed by atoms with Crippen LogP contribution in [-0.4, -0.2) is 42.0 Å². The highest BCUT2D eigenvalue weighted by Gasteiger charge is 2.19. The third-order valence-corrected chi connectivity index (χ3v) is 4.54. The molecule has 2 amide bonds. The summed E-state index contributed by atoms with van der Waals surface area (Å²) >= 11 is 5.86. The van der Waals surface area contributed by atoms with Gasteiger partial charge in [-0.25, -0.2) is 9.18 Å². The minimum atomic E-state index is -0.218. The van der Waals surface area contributed by atoms with E-state index >= 15 is 0 Å². The number of anilines is 1. The molecule has 1 fully saturated rings. The van der Waals surface area contributed by atoms with Gasteiger partial charge in [0.05, 0.1) is 0 Å². The summed E-state index contributed by atoms with van der Waals surface area (Å²) < 4.78 is 13.0. The maximum atomic E-state index is 13.0. The summed E-state index contributed by atoms with van der Waals surface area (Å²) in [7, 11) is 0. The number of hydrogen-bond donors (Lipinski definition) is 1. The molecule has 0 atom stereocenters. The Balaban J connectivity index is 1.52. The molecule has 0 aliphatic carbocycles. The zero-order valence-corrected chi connectivity index (χ0v) is 14.7. The molecule has 1 saturated heterocycles. The van der Waals surface area contributed by atoms with Gasteiger partial charge in [0.1, 0.15) is 5.82 Å². The van der Waals surface area contributed by atoms with Crippen LogP contribution in [-0.2, 0) is 6.54 Å². The number of urea groups is 1. The fourth-order valence-electron chi connectivity index (χ4n) is 2.92. The smallest absolute Gasteiger partial charge is 0.321 e. The topological polar surface area (TPSA) is 35.6 Å². The molecule has 25 heavy (non-hydrogen) atoms. The second-order valence-corrected chi connectivity index (χ2v) is 6.62. The van der Waals surface area contributed by atoms with Crippen LogP contribution in [0.25, 0.3) is 0 Å². The molecule has 1 heterocycles. The van der Waals surface area contributed by atoms with Gasteiger partial charge in [0, 0.05) is 43.4 Å². The largest absolute Gasteiger partial charge is 0.323 e. The van der Waals surface area contributed by atoms with Gasteiger partial charge in [0.2, 0.25) is 0 Å². The van der Waals surface area contributed by atoms with Gasteiger partial charge in [-0.05, 0) is 48.4 Å². The summed E-state index contributed by atoms with van der Waals surface area (Å²) in [4.78, 5) is 16.6. The van der Waals surface area contributed by atoms with Gasteiger partial charge in [0.15, 0.2) is 0 Å². The van der Waals surface area contributed by atoms with E-state index in [0.717, 1.165) is 43.9 Å². The molecule has 0 aromatic heterocycles. The van der Waals surface area contributed by atoms with E-state index in [4.69, 9.17) is 11.6 Å². The number of nitrogens with zero attached hydrogens (tertiary/aromatic N) is 2. The number of carbonyl (C=O) groups is 1.